The highest BCUT2D eigenvalue weighted by Crippen LogP contribution is 2.32. The minimum absolute atomic E-state index is 0.185. The van der Waals surface area contributed by atoms with Gasteiger partial charge in [0.25, 0.3) is 0 Å². The smallest absolute Gasteiger partial charge is 0.240 e. The first kappa shape index (κ1) is 16.5. The second kappa shape index (κ2) is 7.40. The van der Waals surface area contributed by atoms with E-state index in [2.05, 4.69) is 15.5 Å². The Labute approximate surface area is 132 Å². The van der Waals surface area contributed by atoms with Gasteiger partial charge in [0, 0.05) is 13.1 Å². The van der Waals surface area contributed by atoms with Crippen LogP contribution in [0.2, 0.25) is 0 Å². The van der Waals surface area contributed by atoms with E-state index in [-0.39, 0.29) is 11.8 Å². The first-order valence-corrected chi connectivity index (χ1v) is 7.84. The molecular weight excluding hydrogens is 278 g/mol. The molecule has 0 unspecified atom stereocenters. The zero-order valence-electron chi connectivity index (χ0n) is 13.4. The summed E-state index contributed by atoms with van der Waals surface area (Å²) >= 11 is 0. The third kappa shape index (κ3) is 3.47. The average Bonchev–Trinajstić information content (AvgIpc) is 2.52. The van der Waals surface area contributed by atoms with Crippen LogP contribution < -0.4 is 10.6 Å². The maximum atomic E-state index is 12.8. The normalized spacial score (nSPS) is 21.5. The van der Waals surface area contributed by atoms with Crippen molar-refractivity contribution in [1.29, 1.82) is 0 Å². The van der Waals surface area contributed by atoms with Crippen molar-refractivity contribution in [1.82, 2.24) is 15.5 Å². The molecule has 1 fully saturated rings. The Morgan fingerprint density at radius 1 is 1.32 bits per heavy atom. The summed E-state index contributed by atoms with van der Waals surface area (Å²) in [6, 6.07) is 9.37. The average molecular weight is 303 g/mol. The Balaban J connectivity index is 2.15. The Bertz CT molecular complexity index is 516. The lowest BCUT2D eigenvalue weighted by Crippen LogP contribution is -2.57. The highest BCUT2D eigenvalue weighted by Gasteiger charge is 2.48. The number of benzene rings is 1. The van der Waals surface area contributed by atoms with Crippen LogP contribution in [0, 0.1) is 0 Å². The van der Waals surface area contributed by atoms with Crippen LogP contribution in [0.25, 0.3) is 0 Å². The Kier molecular flexibility index (Phi) is 5.55. The van der Waals surface area contributed by atoms with Gasteiger partial charge in [0.1, 0.15) is 0 Å². The van der Waals surface area contributed by atoms with Crippen molar-refractivity contribution in [3.8, 4) is 0 Å². The highest BCUT2D eigenvalue weighted by atomic mass is 16.2. The van der Waals surface area contributed by atoms with Crippen LogP contribution in [0.15, 0.2) is 30.3 Å². The molecule has 2 N–H and O–H groups in total. The maximum absolute atomic E-state index is 12.8. The number of hydrogen-bond donors (Lipinski definition) is 2. The van der Waals surface area contributed by atoms with Crippen molar-refractivity contribution >= 4 is 11.8 Å². The Hall–Kier alpha value is -1.88. The van der Waals surface area contributed by atoms with Gasteiger partial charge in [-0.15, -0.1) is 0 Å². The van der Waals surface area contributed by atoms with E-state index in [0.717, 1.165) is 24.9 Å². The van der Waals surface area contributed by atoms with Crippen molar-refractivity contribution in [2.75, 3.05) is 33.7 Å². The number of hydrogen-bond acceptors (Lipinski definition) is 3. The quantitative estimate of drug-likeness (QED) is 0.606. The summed E-state index contributed by atoms with van der Waals surface area (Å²) in [4.78, 5) is 27.4. The summed E-state index contributed by atoms with van der Waals surface area (Å²) in [6.07, 6.45) is 2.24. The van der Waals surface area contributed by atoms with Crippen LogP contribution in [0.1, 0.15) is 24.8 Å². The monoisotopic (exact) mass is 303 g/mol. The van der Waals surface area contributed by atoms with Crippen LogP contribution in [0.3, 0.4) is 0 Å². The van der Waals surface area contributed by atoms with Crippen molar-refractivity contribution in [3.63, 3.8) is 0 Å². The van der Waals surface area contributed by atoms with E-state index in [4.69, 9.17) is 0 Å². The van der Waals surface area contributed by atoms with Gasteiger partial charge in [-0.3, -0.25) is 9.59 Å². The molecule has 1 aromatic carbocycles. The minimum Gasteiger partial charge on any atom is -0.355 e. The van der Waals surface area contributed by atoms with Gasteiger partial charge in [-0.05, 0) is 45.5 Å². The van der Waals surface area contributed by atoms with E-state index < -0.39 is 5.41 Å². The van der Waals surface area contributed by atoms with Crippen LogP contribution in [-0.2, 0) is 15.0 Å². The van der Waals surface area contributed by atoms with Crippen LogP contribution in [0.4, 0.5) is 0 Å². The maximum Gasteiger partial charge on any atom is 0.240 e. The molecule has 0 spiro atoms. The summed E-state index contributed by atoms with van der Waals surface area (Å²) in [7, 11) is 4.00. The molecule has 0 aromatic heterocycles. The number of nitrogens with zero attached hydrogens (tertiary/aromatic N) is 1. The van der Waals surface area contributed by atoms with Crippen molar-refractivity contribution < 1.29 is 9.59 Å². The predicted molar refractivity (Wildman–Crippen MR) is 86.5 cm³/mol. The second-order valence-electron chi connectivity index (χ2n) is 6.04. The molecular formula is C17H25N3O2. The van der Waals surface area contributed by atoms with Gasteiger partial charge >= 0.3 is 0 Å². The lowest BCUT2D eigenvalue weighted by atomic mass is 9.73. The lowest BCUT2D eigenvalue weighted by Gasteiger charge is -2.35. The van der Waals surface area contributed by atoms with Gasteiger partial charge in [-0.1, -0.05) is 30.3 Å². The molecule has 1 aromatic rings. The largest absolute Gasteiger partial charge is 0.355 e. The number of carbonyl (C=O) groups is 2. The summed E-state index contributed by atoms with van der Waals surface area (Å²) in [5.41, 5.74) is -0.310. The molecule has 0 radical (unpaired) electrons. The molecule has 5 nitrogen and oxygen atoms in total. The van der Waals surface area contributed by atoms with Crippen LogP contribution in [0.5, 0.6) is 0 Å². The van der Waals surface area contributed by atoms with Crippen molar-refractivity contribution in [2.45, 2.75) is 24.7 Å². The molecule has 22 heavy (non-hydrogen) atoms. The molecule has 0 bridgehead atoms. The fraction of sp³-hybridized carbons (Fsp3) is 0.529. The minimum atomic E-state index is -1.09. The predicted octanol–water partition coefficient (Wildman–Crippen LogP) is 0.902. The number of rotatable bonds is 6. The third-order valence-corrected chi connectivity index (χ3v) is 4.12. The second-order valence-corrected chi connectivity index (χ2v) is 6.04. The number of carbonyl (C=O) groups excluding carboxylic acids is 2. The van der Waals surface area contributed by atoms with Gasteiger partial charge < -0.3 is 15.5 Å². The molecule has 1 atom stereocenters. The lowest BCUT2D eigenvalue weighted by molar-refractivity contribution is -0.139. The first-order chi connectivity index (χ1) is 10.6. The SMILES string of the molecule is CN(C)CCCNC(=O)[C@]1(c2ccccc2)CCCNC1=O. The summed E-state index contributed by atoms with van der Waals surface area (Å²) in [5.74, 6) is -0.371. The summed E-state index contributed by atoms with van der Waals surface area (Å²) in [6.45, 7) is 2.13. The van der Waals surface area contributed by atoms with E-state index in [1.54, 1.807) is 0 Å². The number of piperidine rings is 1. The van der Waals surface area contributed by atoms with Crippen LogP contribution >= 0.6 is 0 Å². The van der Waals surface area contributed by atoms with Crippen molar-refractivity contribution in [2.24, 2.45) is 0 Å². The Morgan fingerprint density at radius 2 is 2.05 bits per heavy atom. The van der Waals surface area contributed by atoms with Gasteiger partial charge in [-0.25, -0.2) is 0 Å². The number of amides is 2. The Morgan fingerprint density at radius 3 is 2.68 bits per heavy atom. The molecule has 1 saturated heterocycles. The fourth-order valence-corrected chi connectivity index (χ4v) is 2.91. The van der Waals surface area contributed by atoms with Gasteiger partial charge in [0.2, 0.25) is 11.8 Å². The van der Waals surface area contributed by atoms with Gasteiger partial charge in [0.15, 0.2) is 5.41 Å². The van der Waals surface area contributed by atoms with Gasteiger partial charge in [-0.2, -0.15) is 0 Å². The molecule has 5 heteroatoms. The molecule has 1 aliphatic rings. The molecule has 120 valence electrons. The van der Waals surface area contributed by atoms with Crippen molar-refractivity contribution in [3.05, 3.63) is 35.9 Å². The zero-order valence-corrected chi connectivity index (χ0v) is 13.4. The van der Waals surface area contributed by atoms with E-state index in [9.17, 15) is 9.59 Å². The topological polar surface area (TPSA) is 61.4 Å². The molecule has 2 rings (SSSR count). The van der Waals surface area contributed by atoms with E-state index in [1.807, 2.05) is 44.4 Å². The number of nitrogens with one attached hydrogen (secondary N) is 2. The zero-order chi connectivity index (χ0) is 16.0. The standard InChI is InChI=1S/C17H25N3O2/c1-20(2)13-7-12-19-16(22)17(10-6-11-18-15(17)21)14-8-4-3-5-9-14/h3-5,8-9H,6-7,10-13H2,1-2H3,(H,18,21)(H,19,22)/t17-/m0/s1. The third-order valence-electron chi connectivity index (χ3n) is 4.12. The van der Waals surface area contributed by atoms with E-state index >= 15 is 0 Å². The highest BCUT2D eigenvalue weighted by molar-refractivity contribution is 6.11. The molecule has 1 heterocycles. The fourth-order valence-electron chi connectivity index (χ4n) is 2.91. The summed E-state index contributed by atoms with van der Waals surface area (Å²) in [5, 5.41) is 5.80. The molecule has 0 aliphatic carbocycles. The summed E-state index contributed by atoms with van der Waals surface area (Å²) < 4.78 is 0. The first-order valence-electron chi connectivity index (χ1n) is 7.84. The van der Waals surface area contributed by atoms with E-state index in [1.165, 1.54) is 0 Å². The van der Waals surface area contributed by atoms with Gasteiger partial charge in [0.05, 0.1) is 0 Å². The van der Waals surface area contributed by atoms with Crippen LogP contribution in [-0.4, -0.2) is 50.4 Å². The molecule has 1 aliphatic heterocycles. The van der Waals surface area contributed by atoms with E-state index in [0.29, 0.717) is 19.5 Å². The molecule has 0 saturated carbocycles. The molecule has 2 amide bonds.